The van der Waals surface area contributed by atoms with Gasteiger partial charge >= 0.3 is 5.97 Å². The molecule has 0 fully saturated rings. The average Bonchev–Trinajstić information content (AvgIpc) is 2.86. The standard InChI is InChI=1S/C28H26O6/c29-25-17-24(27(30)31)23(16-20-10-4-1-5-11-20)26(33-18-21-12-6-2-7-13-21)28(25,32)34-19-22-14-8-3-9-15-22/h1-15,17,26,29,32H,16,18-19H2,(H,30,31). The average molecular weight is 459 g/mol. The van der Waals surface area contributed by atoms with E-state index in [1.54, 1.807) is 0 Å². The Balaban J connectivity index is 1.72. The highest BCUT2D eigenvalue weighted by Crippen LogP contribution is 2.38. The van der Waals surface area contributed by atoms with Gasteiger partial charge in [-0.05, 0) is 34.8 Å². The van der Waals surface area contributed by atoms with E-state index in [1.165, 1.54) is 0 Å². The molecule has 1 aliphatic carbocycles. The minimum atomic E-state index is -2.27. The summed E-state index contributed by atoms with van der Waals surface area (Å²) in [4.78, 5) is 12.1. The van der Waals surface area contributed by atoms with Crippen molar-refractivity contribution in [3.63, 3.8) is 0 Å². The third-order valence-corrected chi connectivity index (χ3v) is 5.69. The number of aliphatic carboxylic acids is 1. The molecule has 2 unspecified atom stereocenters. The van der Waals surface area contributed by atoms with Gasteiger partial charge in [-0.15, -0.1) is 0 Å². The van der Waals surface area contributed by atoms with Crippen molar-refractivity contribution in [3.8, 4) is 0 Å². The fraction of sp³-hybridized carbons (Fsp3) is 0.179. The van der Waals surface area contributed by atoms with E-state index >= 15 is 0 Å². The van der Waals surface area contributed by atoms with Crippen molar-refractivity contribution in [1.82, 2.24) is 0 Å². The molecule has 0 amide bonds. The van der Waals surface area contributed by atoms with Crippen LogP contribution in [0, 0.1) is 0 Å². The van der Waals surface area contributed by atoms with E-state index < -0.39 is 23.6 Å². The molecule has 0 saturated carbocycles. The van der Waals surface area contributed by atoms with Gasteiger partial charge in [0.05, 0.1) is 18.8 Å². The number of carboxylic acids is 1. The zero-order valence-electron chi connectivity index (χ0n) is 18.5. The summed E-state index contributed by atoms with van der Waals surface area (Å²) in [6.07, 6.45) is -0.0100. The molecule has 34 heavy (non-hydrogen) atoms. The molecule has 0 saturated heterocycles. The lowest BCUT2D eigenvalue weighted by Crippen LogP contribution is -2.51. The normalized spacial score (nSPS) is 20.1. The second-order valence-corrected chi connectivity index (χ2v) is 8.08. The van der Waals surface area contributed by atoms with Crippen LogP contribution in [0.15, 0.2) is 114 Å². The van der Waals surface area contributed by atoms with Crippen molar-refractivity contribution in [3.05, 3.63) is 131 Å². The van der Waals surface area contributed by atoms with Gasteiger partial charge in [0.2, 0.25) is 0 Å². The van der Waals surface area contributed by atoms with Gasteiger partial charge in [0.1, 0.15) is 6.10 Å². The molecule has 0 bridgehead atoms. The molecule has 6 nitrogen and oxygen atoms in total. The first kappa shape index (κ1) is 23.4. The number of hydrogen-bond donors (Lipinski definition) is 3. The smallest absolute Gasteiger partial charge is 0.335 e. The van der Waals surface area contributed by atoms with E-state index in [0.29, 0.717) is 5.57 Å². The lowest BCUT2D eigenvalue weighted by Gasteiger charge is -2.39. The van der Waals surface area contributed by atoms with Gasteiger partial charge < -0.3 is 24.8 Å². The fourth-order valence-corrected chi connectivity index (χ4v) is 3.93. The second-order valence-electron chi connectivity index (χ2n) is 8.08. The largest absolute Gasteiger partial charge is 0.507 e. The van der Waals surface area contributed by atoms with Gasteiger partial charge in [0, 0.05) is 0 Å². The molecule has 174 valence electrons. The summed E-state index contributed by atoms with van der Waals surface area (Å²) in [6, 6.07) is 27.8. The summed E-state index contributed by atoms with van der Waals surface area (Å²) in [5.41, 5.74) is 2.63. The van der Waals surface area contributed by atoms with Gasteiger partial charge in [-0.1, -0.05) is 91.0 Å². The minimum Gasteiger partial charge on any atom is -0.507 e. The number of rotatable bonds is 9. The Morgan fingerprint density at radius 2 is 1.29 bits per heavy atom. The third-order valence-electron chi connectivity index (χ3n) is 5.69. The highest BCUT2D eigenvalue weighted by molar-refractivity contribution is 5.92. The van der Waals surface area contributed by atoms with Crippen LogP contribution in [0.25, 0.3) is 0 Å². The van der Waals surface area contributed by atoms with E-state index in [-0.39, 0.29) is 25.2 Å². The first-order chi connectivity index (χ1) is 16.5. The summed E-state index contributed by atoms with van der Waals surface area (Å²) < 4.78 is 12.0. The maximum atomic E-state index is 12.1. The zero-order chi connectivity index (χ0) is 24.0. The molecule has 0 heterocycles. The SMILES string of the molecule is O=C(O)C1=C(Cc2ccccc2)C(OCc2ccccc2)C(O)(OCc2ccccc2)C(O)=C1. The quantitative estimate of drug-likeness (QED) is 0.407. The molecule has 0 aromatic heterocycles. The van der Waals surface area contributed by atoms with Crippen LogP contribution in [0.5, 0.6) is 0 Å². The monoisotopic (exact) mass is 458 g/mol. The molecule has 6 heteroatoms. The molecule has 0 spiro atoms. The van der Waals surface area contributed by atoms with Crippen molar-refractivity contribution >= 4 is 5.97 Å². The predicted octanol–water partition coefficient (Wildman–Crippen LogP) is 4.56. The highest BCUT2D eigenvalue weighted by atomic mass is 16.7. The summed E-state index contributed by atoms with van der Waals surface area (Å²) >= 11 is 0. The van der Waals surface area contributed by atoms with Crippen LogP contribution in [-0.2, 0) is 33.9 Å². The van der Waals surface area contributed by atoms with Crippen LogP contribution in [-0.4, -0.2) is 33.2 Å². The Labute approximate surface area is 198 Å². The number of aliphatic hydroxyl groups is 2. The summed E-state index contributed by atoms with van der Waals surface area (Å²) in [6.45, 7) is 0.0719. The molecule has 2 atom stereocenters. The third kappa shape index (κ3) is 5.26. The molecule has 4 rings (SSSR count). The molecular weight excluding hydrogens is 432 g/mol. The van der Waals surface area contributed by atoms with Crippen LogP contribution in [0.4, 0.5) is 0 Å². The van der Waals surface area contributed by atoms with Gasteiger partial charge in [-0.2, -0.15) is 0 Å². The van der Waals surface area contributed by atoms with Crippen LogP contribution in [0.1, 0.15) is 16.7 Å². The molecule has 3 N–H and O–H groups in total. The number of aliphatic hydroxyl groups excluding tert-OH is 1. The van der Waals surface area contributed by atoms with E-state index in [1.807, 2.05) is 91.0 Å². The number of hydrogen-bond acceptors (Lipinski definition) is 5. The molecule has 0 aliphatic heterocycles. The molecular formula is C28H26O6. The zero-order valence-corrected chi connectivity index (χ0v) is 18.5. The maximum absolute atomic E-state index is 12.1. The Morgan fingerprint density at radius 3 is 1.82 bits per heavy atom. The number of ether oxygens (including phenoxy) is 2. The lowest BCUT2D eigenvalue weighted by molar-refractivity contribution is -0.258. The van der Waals surface area contributed by atoms with Gasteiger partial charge in [-0.3, -0.25) is 0 Å². The van der Waals surface area contributed by atoms with E-state index in [0.717, 1.165) is 22.8 Å². The summed E-state index contributed by atoms with van der Waals surface area (Å²) in [5.74, 6) is -4.11. The Hall–Kier alpha value is -3.71. The molecule has 3 aromatic carbocycles. The second kappa shape index (κ2) is 10.5. The van der Waals surface area contributed by atoms with Crippen molar-refractivity contribution in [2.24, 2.45) is 0 Å². The topological polar surface area (TPSA) is 96.2 Å². The van der Waals surface area contributed by atoms with Crippen LogP contribution < -0.4 is 0 Å². The van der Waals surface area contributed by atoms with Crippen molar-refractivity contribution in [2.45, 2.75) is 31.5 Å². The van der Waals surface area contributed by atoms with E-state index in [2.05, 4.69) is 0 Å². The Morgan fingerprint density at radius 1 is 0.794 bits per heavy atom. The number of carboxylic acid groups (broad SMARTS) is 1. The van der Waals surface area contributed by atoms with Gasteiger partial charge in [0.25, 0.3) is 5.79 Å². The van der Waals surface area contributed by atoms with E-state index in [4.69, 9.17) is 9.47 Å². The maximum Gasteiger partial charge on any atom is 0.335 e. The molecule has 0 radical (unpaired) electrons. The Bertz CT molecular complexity index is 1170. The van der Waals surface area contributed by atoms with E-state index in [9.17, 15) is 20.1 Å². The fourth-order valence-electron chi connectivity index (χ4n) is 3.93. The number of benzene rings is 3. The van der Waals surface area contributed by atoms with Crippen LogP contribution in [0.2, 0.25) is 0 Å². The van der Waals surface area contributed by atoms with Crippen molar-refractivity contribution in [2.75, 3.05) is 0 Å². The van der Waals surface area contributed by atoms with Crippen LogP contribution in [0.3, 0.4) is 0 Å². The summed E-state index contributed by atoms with van der Waals surface area (Å²) in [5, 5.41) is 32.3. The predicted molar refractivity (Wildman–Crippen MR) is 127 cm³/mol. The first-order valence-corrected chi connectivity index (χ1v) is 10.9. The van der Waals surface area contributed by atoms with Gasteiger partial charge in [-0.25, -0.2) is 4.79 Å². The lowest BCUT2D eigenvalue weighted by atomic mass is 9.85. The highest BCUT2D eigenvalue weighted by Gasteiger charge is 2.49. The first-order valence-electron chi connectivity index (χ1n) is 10.9. The molecule has 1 aliphatic rings. The molecule has 3 aromatic rings. The van der Waals surface area contributed by atoms with Crippen molar-refractivity contribution < 1.29 is 29.6 Å². The van der Waals surface area contributed by atoms with Gasteiger partial charge in [0.15, 0.2) is 5.76 Å². The summed E-state index contributed by atoms with van der Waals surface area (Å²) in [7, 11) is 0. The number of carbonyl (C=O) groups is 1. The van der Waals surface area contributed by atoms with Crippen LogP contribution >= 0.6 is 0 Å². The van der Waals surface area contributed by atoms with Crippen molar-refractivity contribution in [1.29, 1.82) is 0 Å². The Kier molecular flexibility index (Phi) is 7.23. The minimum absolute atomic E-state index is 0.0124.